The zero-order valence-corrected chi connectivity index (χ0v) is 15.0. The second-order valence-corrected chi connectivity index (χ2v) is 7.13. The molecule has 1 saturated carbocycles. The molecule has 5 nitrogen and oxygen atoms in total. The lowest BCUT2D eigenvalue weighted by Gasteiger charge is -2.23. The van der Waals surface area contributed by atoms with Gasteiger partial charge in [-0.25, -0.2) is 0 Å². The van der Waals surface area contributed by atoms with Gasteiger partial charge in [0.2, 0.25) is 11.8 Å². The lowest BCUT2D eigenvalue weighted by molar-refractivity contribution is -0.118. The molecule has 24 heavy (non-hydrogen) atoms. The van der Waals surface area contributed by atoms with Gasteiger partial charge in [0.1, 0.15) is 0 Å². The summed E-state index contributed by atoms with van der Waals surface area (Å²) in [6, 6.07) is 7.80. The number of benzene rings is 1. The molecule has 2 N–H and O–H groups in total. The molecular formula is C19H29N3O2. The van der Waals surface area contributed by atoms with E-state index in [1.165, 1.54) is 25.7 Å². The first-order valence-electron chi connectivity index (χ1n) is 8.84. The molecule has 0 radical (unpaired) electrons. The van der Waals surface area contributed by atoms with E-state index >= 15 is 0 Å². The maximum atomic E-state index is 12.1. The first kappa shape index (κ1) is 18.5. The fourth-order valence-electron chi connectivity index (χ4n) is 3.12. The van der Waals surface area contributed by atoms with Crippen LogP contribution in [0.5, 0.6) is 0 Å². The van der Waals surface area contributed by atoms with Gasteiger partial charge in [-0.1, -0.05) is 26.7 Å². The van der Waals surface area contributed by atoms with Crippen molar-refractivity contribution in [2.75, 3.05) is 24.2 Å². The van der Waals surface area contributed by atoms with Gasteiger partial charge in [0.25, 0.3) is 0 Å². The largest absolute Gasteiger partial charge is 0.326 e. The van der Waals surface area contributed by atoms with E-state index in [9.17, 15) is 9.59 Å². The van der Waals surface area contributed by atoms with E-state index in [1.54, 1.807) is 0 Å². The molecule has 2 amide bonds. The fraction of sp³-hybridized carbons (Fsp3) is 0.579. The Morgan fingerprint density at radius 3 is 2.04 bits per heavy atom. The van der Waals surface area contributed by atoms with Gasteiger partial charge in [-0.15, -0.1) is 0 Å². The highest BCUT2D eigenvalue weighted by Gasteiger charge is 2.21. The number of rotatable bonds is 7. The molecule has 0 saturated heterocycles. The first-order chi connectivity index (χ1) is 11.4. The minimum atomic E-state index is 0.000920. The predicted molar refractivity (Wildman–Crippen MR) is 98.0 cm³/mol. The van der Waals surface area contributed by atoms with E-state index in [0.29, 0.717) is 24.9 Å². The van der Waals surface area contributed by atoms with Crippen LogP contribution in [-0.2, 0) is 9.59 Å². The minimum Gasteiger partial charge on any atom is -0.326 e. The number of carbonyl (C=O) groups excluding carboxylic acids is 2. The van der Waals surface area contributed by atoms with Crippen LogP contribution in [0, 0.1) is 5.92 Å². The summed E-state index contributed by atoms with van der Waals surface area (Å²) >= 11 is 0. The Morgan fingerprint density at radius 1 is 1.04 bits per heavy atom. The number of amides is 2. The standard InChI is InChI=1S/C19H29N3O2/c1-14(2)12-18(23)20-15-8-10-16(11-9-15)21-19(24)13-22(3)17-6-4-5-7-17/h8-11,14,17H,4-7,12-13H2,1-3H3,(H,20,23)(H,21,24). The van der Waals surface area contributed by atoms with E-state index in [0.717, 1.165) is 11.4 Å². The number of carbonyl (C=O) groups is 2. The summed E-state index contributed by atoms with van der Waals surface area (Å²) < 4.78 is 0. The summed E-state index contributed by atoms with van der Waals surface area (Å²) in [5.74, 6) is 0.349. The van der Waals surface area contributed by atoms with Gasteiger partial charge in [-0.3, -0.25) is 14.5 Å². The van der Waals surface area contributed by atoms with Crippen molar-refractivity contribution in [3.8, 4) is 0 Å². The lowest BCUT2D eigenvalue weighted by atomic mass is 10.1. The first-order valence-corrected chi connectivity index (χ1v) is 8.84. The van der Waals surface area contributed by atoms with Crippen LogP contribution < -0.4 is 10.6 Å². The second-order valence-electron chi connectivity index (χ2n) is 7.13. The molecule has 1 aliphatic rings. The molecule has 0 heterocycles. The highest BCUT2D eigenvalue weighted by molar-refractivity contribution is 5.93. The molecule has 1 aromatic carbocycles. The van der Waals surface area contributed by atoms with E-state index in [1.807, 2.05) is 45.2 Å². The van der Waals surface area contributed by atoms with Gasteiger partial charge in [0.05, 0.1) is 6.54 Å². The summed E-state index contributed by atoms with van der Waals surface area (Å²) in [6.07, 6.45) is 5.41. The Hall–Kier alpha value is -1.88. The van der Waals surface area contributed by atoms with Crippen LogP contribution in [-0.4, -0.2) is 36.3 Å². The summed E-state index contributed by atoms with van der Waals surface area (Å²) in [7, 11) is 2.02. The lowest BCUT2D eigenvalue weighted by Crippen LogP contribution is -2.36. The summed E-state index contributed by atoms with van der Waals surface area (Å²) in [5.41, 5.74) is 1.50. The third kappa shape index (κ3) is 5.96. The number of nitrogens with zero attached hydrogens (tertiary/aromatic N) is 1. The van der Waals surface area contributed by atoms with Crippen LogP contribution in [0.3, 0.4) is 0 Å². The molecule has 132 valence electrons. The second kappa shape index (κ2) is 8.83. The van der Waals surface area contributed by atoms with Crippen LogP contribution in [0.25, 0.3) is 0 Å². The van der Waals surface area contributed by atoms with E-state index in [4.69, 9.17) is 0 Å². The molecule has 2 rings (SSSR count). The Kier molecular flexibility index (Phi) is 6.79. The molecule has 0 bridgehead atoms. The van der Waals surface area contributed by atoms with Crippen molar-refractivity contribution in [2.45, 2.75) is 52.0 Å². The van der Waals surface area contributed by atoms with Crippen LogP contribution in [0.15, 0.2) is 24.3 Å². The third-order valence-corrected chi connectivity index (χ3v) is 4.39. The average molecular weight is 331 g/mol. The van der Waals surface area contributed by atoms with Gasteiger partial charge < -0.3 is 10.6 Å². The molecule has 5 heteroatoms. The molecule has 1 aliphatic carbocycles. The zero-order valence-electron chi connectivity index (χ0n) is 15.0. The Labute approximate surface area is 144 Å². The zero-order chi connectivity index (χ0) is 17.5. The van der Waals surface area contributed by atoms with E-state index < -0.39 is 0 Å². The topological polar surface area (TPSA) is 61.4 Å². The molecule has 0 aromatic heterocycles. The Morgan fingerprint density at radius 2 is 1.54 bits per heavy atom. The van der Waals surface area contributed by atoms with Crippen molar-refractivity contribution in [3.63, 3.8) is 0 Å². The van der Waals surface area contributed by atoms with Crippen molar-refractivity contribution in [3.05, 3.63) is 24.3 Å². The fourth-order valence-corrected chi connectivity index (χ4v) is 3.12. The van der Waals surface area contributed by atoms with Crippen molar-refractivity contribution in [2.24, 2.45) is 5.92 Å². The quantitative estimate of drug-likeness (QED) is 0.804. The SMILES string of the molecule is CC(C)CC(=O)Nc1ccc(NC(=O)CN(C)C2CCCC2)cc1. The van der Waals surface area contributed by atoms with Crippen LogP contribution in [0.4, 0.5) is 11.4 Å². The molecule has 0 spiro atoms. The third-order valence-electron chi connectivity index (χ3n) is 4.39. The molecular weight excluding hydrogens is 302 g/mol. The highest BCUT2D eigenvalue weighted by Crippen LogP contribution is 2.22. The van der Waals surface area contributed by atoms with E-state index in [-0.39, 0.29) is 11.8 Å². The highest BCUT2D eigenvalue weighted by atomic mass is 16.2. The maximum Gasteiger partial charge on any atom is 0.238 e. The van der Waals surface area contributed by atoms with Crippen molar-refractivity contribution in [1.29, 1.82) is 0 Å². The maximum absolute atomic E-state index is 12.1. The van der Waals surface area contributed by atoms with Crippen molar-refractivity contribution < 1.29 is 9.59 Å². The molecule has 0 atom stereocenters. The number of hydrogen-bond acceptors (Lipinski definition) is 3. The van der Waals surface area contributed by atoms with Crippen LogP contribution >= 0.6 is 0 Å². The van der Waals surface area contributed by atoms with Gasteiger partial charge in [-0.05, 0) is 50.1 Å². The van der Waals surface area contributed by atoms with Gasteiger partial charge in [-0.2, -0.15) is 0 Å². The molecule has 0 unspecified atom stereocenters. The molecule has 1 fully saturated rings. The smallest absolute Gasteiger partial charge is 0.238 e. The van der Waals surface area contributed by atoms with Crippen molar-refractivity contribution in [1.82, 2.24) is 4.90 Å². The predicted octanol–water partition coefficient (Wildman–Crippen LogP) is 3.48. The molecule has 1 aromatic rings. The summed E-state index contributed by atoms with van der Waals surface area (Å²) in [6.45, 7) is 4.44. The van der Waals surface area contributed by atoms with Crippen LogP contribution in [0.2, 0.25) is 0 Å². The van der Waals surface area contributed by atoms with Crippen LogP contribution in [0.1, 0.15) is 46.0 Å². The summed E-state index contributed by atoms with van der Waals surface area (Å²) in [4.78, 5) is 26.0. The number of nitrogens with one attached hydrogen (secondary N) is 2. The van der Waals surface area contributed by atoms with Crippen molar-refractivity contribution >= 4 is 23.2 Å². The summed E-state index contributed by atoms with van der Waals surface area (Å²) in [5, 5.41) is 5.78. The average Bonchev–Trinajstić information content (AvgIpc) is 3.02. The Balaban J connectivity index is 1.80. The minimum absolute atomic E-state index is 0.000920. The number of hydrogen-bond donors (Lipinski definition) is 2. The van der Waals surface area contributed by atoms with Gasteiger partial charge in [0.15, 0.2) is 0 Å². The number of anilines is 2. The monoisotopic (exact) mass is 331 g/mol. The van der Waals surface area contributed by atoms with Gasteiger partial charge in [0, 0.05) is 23.8 Å². The Bertz CT molecular complexity index is 548. The number of likely N-dealkylation sites (N-methyl/N-ethyl adjacent to an activating group) is 1. The van der Waals surface area contributed by atoms with Gasteiger partial charge >= 0.3 is 0 Å². The molecule has 0 aliphatic heterocycles. The normalized spacial score (nSPS) is 15.0. The van der Waals surface area contributed by atoms with E-state index in [2.05, 4.69) is 15.5 Å².